The summed E-state index contributed by atoms with van der Waals surface area (Å²) in [5.74, 6) is 0.870. The van der Waals surface area contributed by atoms with Crippen LogP contribution in [0.3, 0.4) is 0 Å². The fourth-order valence-corrected chi connectivity index (χ4v) is 3.60. The van der Waals surface area contributed by atoms with E-state index in [0.717, 1.165) is 36.0 Å². The average molecular weight is 392 g/mol. The van der Waals surface area contributed by atoms with Crippen molar-refractivity contribution in [3.05, 3.63) is 51.4 Å². The Hall–Kier alpha value is -2.12. The number of nitrogens with one attached hydrogen (secondary N) is 1. The molecule has 0 radical (unpaired) electrons. The molecule has 1 amide bonds. The number of guanidine groups is 1. The van der Waals surface area contributed by atoms with Crippen molar-refractivity contribution in [2.75, 3.05) is 33.2 Å². The molecule has 2 aromatic rings. The third-order valence-corrected chi connectivity index (χ3v) is 5.31. The van der Waals surface area contributed by atoms with Crippen LogP contribution in [0.25, 0.3) is 0 Å². The largest absolute Gasteiger partial charge is 0.356 e. The predicted octanol–water partition coefficient (Wildman–Crippen LogP) is 2.26. The van der Waals surface area contributed by atoms with Gasteiger partial charge in [-0.3, -0.25) is 9.79 Å². The molecule has 1 aromatic heterocycles. The topological polar surface area (TPSA) is 60.8 Å². The van der Waals surface area contributed by atoms with Gasteiger partial charge in [0.15, 0.2) is 5.96 Å². The van der Waals surface area contributed by atoms with Gasteiger partial charge in [0.2, 0.25) is 5.91 Å². The quantitative estimate of drug-likeness (QED) is 0.627. The Morgan fingerprint density at radius 2 is 2.15 bits per heavy atom. The summed E-state index contributed by atoms with van der Waals surface area (Å²) in [6.07, 6.45) is 2.66. The highest BCUT2D eigenvalue weighted by molar-refractivity contribution is 7.09. The van der Waals surface area contributed by atoms with Crippen molar-refractivity contribution in [2.24, 2.45) is 4.99 Å². The molecular weight excluding hydrogens is 370 g/mol. The van der Waals surface area contributed by atoms with Crippen LogP contribution in [0.1, 0.15) is 10.6 Å². The second-order valence-electron chi connectivity index (χ2n) is 6.01. The van der Waals surface area contributed by atoms with Crippen molar-refractivity contribution >= 4 is 34.8 Å². The lowest BCUT2D eigenvalue weighted by atomic mass is 10.2. The predicted molar refractivity (Wildman–Crippen MR) is 106 cm³/mol. The molecule has 1 aliphatic heterocycles. The van der Waals surface area contributed by atoms with E-state index < -0.39 is 0 Å². The van der Waals surface area contributed by atoms with E-state index in [-0.39, 0.29) is 5.91 Å². The zero-order valence-corrected chi connectivity index (χ0v) is 16.3. The Morgan fingerprint density at radius 3 is 2.81 bits per heavy atom. The number of halogens is 1. The highest BCUT2D eigenvalue weighted by Crippen LogP contribution is 2.13. The van der Waals surface area contributed by atoms with Crippen LogP contribution < -0.4 is 5.32 Å². The lowest BCUT2D eigenvalue weighted by Gasteiger charge is -2.36. The minimum Gasteiger partial charge on any atom is -0.356 e. The molecule has 1 fully saturated rings. The standard InChI is InChI=1S/C18H22ClN5OS/c1-20-18(22-7-6-16-21-8-11-26-16)24-10-9-23(17(25)13-24)12-14-2-4-15(19)5-3-14/h2-5,8,11H,6-7,9-10,12-13H2,1H3,(H,20,22). The summed E-state index contributed by atoms with van der Waals surface area (Å²) in [6, 6.07) is 7.62. The minimum absolute atomic E-state index is 0.106. The summed E-state index contributed by atoms with van der Waals surface area (Å²) in [5, 5.41) is 7.10. The van der Waals surface area contributed by atoms with Crippen molar-refractivity contribution < 1.29 is 4.79 Å². The lowest BCUT2D eigenvalue weighted by molar-refractivity contribution is -0.135. The molecule has 1 aliphatic rings. The van der Waals surface area contributed by atoms with E-state index in [4.69, 9.17) is 11.6 Å². The van der Waals surface area contributed by atoms with Crippen LogP contribution in [0.2, 0.25) is 5.02 Å². The molecule has 138 valence electrons. The summed E-state index contributed by atoms with van der Waals surface area (Å²) in [6.45, 7) is 3.13. The van der Waals surface area contributed by atoms with E-state index in [1.165, 1.54) is 0 Å². The monoisotopic (exact) mass is 391 g/mol. The first kappa shape index (κ1) is 18.7. The maximum Gasteiger partial charge on any atom is 0.242 e. The number of hydrogen-bond donors (Lipinski definition) is 1. The number of amides is 1. The SMILES string of the molecule is CN=C(NCCc1nccs1)N1CCN(Cc2ccc(Cl)cc2)C(=O)C1. The zero-order valence-electron chi connectivity index (χ0n) is 14.7. The van der Waals surface area contributed by atoms with Crippen molar-refractivity contribution in [1.82, 2.24) is 20.1 Å². The summed E-state index contributed by atoms with van der Waals surface area (Å²) >= 11 is 7.56. The molecule has 2 heterocycles. The van der Waals surface area contributed by atoms with Gasteiger partial charge in [-0.25, -0.2) is 4.98 Å². The van der Waals surface area contributed by atoms with Gasteiger partial charge in [0.05, 0.1) is 11.6 Å². The molecule has 0 bridgehead atoms. The number of aliphatic imine (C=N–C) groups is 1. The highest BCUT2D eigenvalue weighted by Gasteiger charge is 2.25. The van der Waals surface area contributed by atoms with Gasteiger partial charge in [-0.2, -0.15) is 0 Å². The number of benzene rings is 1. The minimum atomic E-state index is 0.106. The molecule has 0 saturated carbocycles. The van der Waals surface area contributed by atoms with E-state index in [9.17, 15) is 4.79 Å². The van der Waals surface area contributed by atoms with Gasteiger partial charge in [-0.1, -0.05) is 23.7 Å². The second kappa shape index (κ2) is 9.00. The number of nitrogens with zero attached hydrogens (tertiary/aromatic N) is 4. The number of carbonyl (C=O) groups excluding carboxylic acids is 1. The molecule has 0 atom stereocenters. The van der Waals surface area contributed by atoms with Crippen LogP contribution in [0.15, 0.2) is 40.8 Å². The zero-order chi connectivity index (χ0) is 18.4. The molecule has 26 heavy (non-hydrogen) atoms. The van der Waals surface area contributed by atoms with Crippen molar-refractivity contribution in [2.45, 2.75) is 13.0 Å². The second-order valence-corrected chi connectivity index (χ2v) is 7.43. The third-order valence-electron chi connectivity index (χ3n) is 4.22. The number of aromatic nitrogens is 1. The molecule has 0 spiro atoms. The molecule has 8 heteroatoms. The van der Waals surface area contributed by atoms with Crippen molar-refractivity contribution in [3.8, 4) is 0 Å². The number of piperazine rings is 1. The summed E-state index contributed by atoms with van der Waals surface area (Å²) in [4.78, 5) is 25.0. The number of rotatable bonds is 5. The maximum absolute atomic E-state index is 12.5. The molecule has 3 rings (SSSR count). The Bertz CT molecular complexity index is 747. The first-order valence-corrected chi connectivity index (χ1v) is 9.77. The molecule has 1 N–H and O–H groups in total. The molecular formula is C18H22ClN5OS. The summed E-state index contributed by atoms with van der Waals surface area (Å²) < 4.78 is 0. The van der Waals surface area contributed by atoms with Crippen LogP contribution in [0.4, 0.5) is 0 Å². The normalized spacial score (nSPS) is 15.5. The first-order valence-electron chi connectivity index (χ1n) is 8.52. The van der Waals surface area contributed by atoms with Crippen LogP contribution in [0.5, 0.6) is 0 Å². The van der Waals surface area contributed by atoms with Gasteiger partial charge in [-0.05, 0) is 17.7 Å². The molecule has 6 nitrogen and oxygen atoms in total. The molecule has 0 aliphatic carbocycles. The van der Waals surface area contributed by atoms with Crippen molar-refractivity contribution in [3.63, 3.8) is 0 Å². The van der Waals surface area contributed by atoms with Gasteiger partial charge in [-0.15, -0.1) is 11.3 Å². The Kier molecular flexibility index (Phi) is 6.46. The Balaban J connectivity index is 1.49. The maximum atomic E-state index is 12.5. The van der Waals surface area contributed by atoms with E-state index in [2.05, 4.69) is 15.3 Å². The van der Waals surface area contributed by atoms with Gasteiger partial charge in [0.25, 0.3) is 0 Å². The molecule has 1 aromatic carbocycles. The van der Waals surface area contributed by atoms with E-state index in [0.29, 0.717) is 24.7 Å². The van der Waals surface area contributed by atoms with E-state index >= 15 is 0 Å². The van der Waals surface area contributed by atoms with Crippen LogP contribution in [-0.4, -0.2) is 59.9 Å². The average Bonchev–Trinajstić information content (AvgIpc) is 3.16. The smallest absolute Gasteiger partial charge is 0.242 e. The summed E-state index contributed by atoms with van der Waals surface area (Å²) in [5.41, 5.74) is 1.09. The van der Waals surface area contributed by atoms with Crippen LogP contribution >= 0.6 is 22.9 Å². The molecule has 0 unspecified atom stereocenters. The van der Waals surface area contributed by atoms with Gasteiger partial charge in [0, 0.05) is 56.2 Å². The van der Waals surface area contributed by atoms with Crippen LogP contribution in [0, 0.1) is 0 Å². The molecule has 1 saturated heterocycles. The number of carbonyl (C=O) groups is 1. The number of hydrogen-bond acceptors (Lipinski definition) is 4. The van der Waals surface area contributed by atoms with Gasteiger partial charge < -0.3 is 15.1 Å². The van der Waals surface area contributed by atoms with Crippen LogP contribution in [-0.2, 0) is 17.8 Å². The first-order chi connectivity index (χ1) is 12.7. The fourth-order valence-electron chi connectivity index (χ4n) is 2.86. The third kappa shape index (κ3) is 4.95. The van der Waals surface area contributed by atoms with Gasteiger partial charge >= 0.3 is 0 Å². The summed E-state index contributed by atoms with van der Waals surface area (Å²) in [7, 11) is 1.75. The van der Waals surface area contributed by atoms with E-state index in [1.807, 2.05) is 45.6 Å². The number of thiazole rings is 1. The Morgan fingerprint density at radius 1 is 1.35 bits per heavy atom. The highest BCUT2D eigenvalue weighted by atomic mass is 35.5. The Labute approximate surface area is 162 Å². The van der Waals surface area contributed by atoms with E-state index in [1.54, 1.807) is 18.4 Å². The van der Waals surface area contributed by atoms with Crippen molar-refractivity contribution in [1.29, 1.82) is 0 Å². The van der Waals surface area contributed by atoms with Gasteiger partial charge in [0.1, 0.15) is 0 Å². The lowest BCUT2D eigenvalue weighted by Crippen LogP contribution is -2.55. The fraction of sp³-hybridized carbons (Fsp3) is 0.389.